The number of anilines is 1. The Kier molecular flexibility index (Phi) is 3.47. The van der Waals surface area contributed by atoms with E-state index in [4.69, 9.17) is 16.2 Å². The van der Waals surface area contributed by atoms with E-state index in [9.17, 15) is 14.9 Å². The van der Waals surface area contributed by atoms with E-state index in [2.05, 4.69) is 4.98 Å². The number of benzene rings is 1. The fraction of sp³-hybridized carbons (Fsp3) is 0. The average Bonchev–Trinajstić information content (AvgIpc) is 2.38. The molecule has 0 saturated carbocycles. The number of nitrogen functional groups attached to an aromatic ring is 1. The van der Waals surface area contributed by atoms with Crippen LogP contribution in [0.4, 0.5) is 11.5 Å². The number of aromatic nitrogens is 1. The molecule has 0 unspecified atom stereocenters. The summed E-state index contributed by atoms with van der Waals surface area (Å²) < 4.78 is 5.37. The number of hydrogen-bond acceptors (Lipinski definition) is 6. The van der Waals surface area contributed by atoms with Gasteiger partial charge in [-0.1, -0.05) is 6.07 Å². The van der Waals surface area contributed by atoms with Crippen molar-refractivity contribution in [1.29, 1.82) is 0 Å². The third kappa shape index (κ3) is 2.64. The lowest BCUT2D eigenvalue weighted by atomic mass is 10.2. The van der Waals surface area contributed by atoms with Crippen LogP contribution in [-0.2, 0) is 0 Å². The molecule has 2 aromatic rings. The fourth-order valence-corrected chi connectivity index (χ4v) is 1.56. The predicted octanol–water partition coefficient (Wildman–Crippen LogP) is 1.46. The molecule has 1 aromatic carbocycles. The van der Waals surface area contributed by atoms with Gasteiger partial charge in [0.2, 0.25) is 17.5 Å². The number of carbonyl (C=O) groups excluding carboxylic acids is 1. The molecule has 0 aliphatic rings. The van der Waals surface area contributed by atoms with Crippen LogP contribution in [0.25, 0.3) is 0 Å². The van der Waals surface area contributed by atoms with Crippen molar-refractivity contribution < 1.29 is 14.5 Å². The Morgan fingerprint density at radius 1 is 1.35 bits per heavy atom. The Morgan fingerprint density at radius 3 is 2.75 bits per heavy atom. The van der Waals surface area contributed by atoms with Gasteiger partial charge in [0.1, 0.15) is 5.75 Å². The summed E-state index contributed by atoms with van der Waals surface area (Å²) in [6, 6.07) is 7.28. The maximum absolute atomic E-state index is 11.1. The Bertz CT molecular complexity index is 687. The largest absolute Gasteiger partial charge is 0.450 e. The number of carbonyl (C=O) groups is 1. The van der Waals surface area contributed by atoms with Gasteiger partial charge in [0, 0.05) is 17.8 Å². The Balaban J connectivity index is 2.40. The van der Waals surface area contributed by atoms with Crippen molar-refractivity contribution in [3.63, 3.8) is 0 Å². The van der Waals surface area contributed by atoms with E-state index in [0.29, 0.717) is 0 Å². The van der Waals surface area contributed by atoms with Gasteiger partial charge >= 0.3 is 5.69 Å². The van der Waals surface area contributed by atoms with Crippen molar-refractivity contribution in [1.82, 2.24) is 4.98 Å². The van der Waals surface area contributed by atoms with Crippen LogP contribution in [0.1, 0.15) is 10.4 Å². The molecular formula is C12H10N4O4. The first-order chi connectivity index (χ1) is 9.49. The standard InChI is InChI=1S/C12H10N4O4/c13-11-10(16(18)19)9(4-5-15-11)20-8-3-1-2-7(6-8)12(14)17/h1-6H,(H2,13,15)(H2,14,17). The molecule has 20 heavy (non-hydrogen) atoms. The zero-order chi connectivity index (χ0) is 14.7. The molecular weight excluding hydrogens is 264 g/mol. The molecule has 1 amide bonds. The van der Waals surface area contributed by atoms with Crippen LogP contribution in [0, 0.1) is 10.1 Å². The van der Waals surface area contributed by atoms with Crippen LogP contribution >= 0.6 is 0 Å². The normalized spacial score (nSPS) is 10.0. The van der Waals surface area contributed by atoms with E-state index < -0.39 is 16.5 Å². The van der Waals surface area contributed by atoms with Gasteiger partial charge in [0.05, 0.1) is 4.92 Å². The van der Waals surface area contributed by atoms with E-state index in [1.807, 2.05) is 0 Å². The molecule has 8 nitrogen and oxygen atoms in total. The topological polar surface area (TPSA) is 134 Å². The SMILES string of the molecule is NC(=O)c1cccc(Oc2ccnc(N)c2[N+](=O)[O-])c1. The molecule has 0 spiro atoms. The first-order valence-electron chi connectivity index (χ1n) is 5.45. The van der Waals surface area contributed by atoms with Crippen molar-refractivity contribution in [3.8, 4) is 11.5 Å². The van der Waals surface area contributed by atoms with Crippen LogP contribution < -0.4 is 16.2 Å². The molecule has 0 radical (unpaired) electrons. The molecule has 1 heterocycles. The minimum Gasteiger partial charge on any atom is -0.450 e. The summed E-state index contributed by atoms with van der Waals surface area (Å²) in [5.41, 5.74) is 10.4. The number of pyridine rings is 1. The first kappa shape index (κ1) is 13.3. The fourth-order valence-electron chi connectivity index (χ4n) is 1.56. The highest BCUT2D eigenvalue weighted by Crippen LogP contribution is 2.34. The van der Waals surface area contributed by atoms with Crippen molar-refractivity contribution in [2.45, 2.75) is 0 Å². The minimum atomic E-state index is -0.685. The highest BCUT2D eigenvalue weighted by Gasteiger charge is 2.21. The number of primary amides is 1. The van der Waals surface area contributed by atoms with Gasteiger partial charge in [-0.25, -0.2) is 4.98 Å². The summed E-state index contributed by atoms with van der Waals surface area (Å²) in [7, 11) is 0. The van der Waals surface area contributed by atoms with Gasteiger partial charge in [-0.05, 0) is 18.2 Å². The smallest absolute Gasteiger partial charge is 0.353 e. The Morgan fingerprint density at radius 2 is 2.10 bits per heavy atom. The van der Waals surface area contributed by atoms with E-state index in [-0.39, 0.29) is 22.9 Å². The Hall–Kier alpha value is -3.16. The zero-order valence-corrected chi connectivity index (χ0v) is 10.1. The molecule has 102 valence electrons. The second-order valence-corrected chi connectivity index (χ2v) is 3.79. The van der Waals surface area contributed by atoms with Crippen LogP contribution in [-0.4, -0.2) is 15.8 Å². The third-order valence-corrected chi connectivity index (χ3v) is 2.44. The quantitative estimate of drug-likeness (QED) is 0.640. The van der Waals surface area contributed by atoms with Crippen molar-refractivity contribution in [3.05, 3.63) is 52.2 Å². The van der Waals surface area contributed by atoms with Crippen LogP contribution in [0.3, 0.4) is 0 Å². The van der Waals surface area contributed by atoms with Crippen LogP contribution in [0.5, 0.6) is 11.5 Å². The molecule has 4 N–H and O–H groups in total. The molecule has 0 saturated heterocycles. The molecule has 0 aliphatic carbocycles. The summed E-state index contributed by atoms with van der Waals surface area (Å²) in [6.45, 7) is 0. The maximum Gasteiger partial charge on any atom is 0.353 e. The van der Waals surface area contributed by atoms with Crippen molar-refractivity contribution in [2.75, 3.05) is 5.73 Å². The predicted molar refractivity (Wildman–Crippen MR) is 70.3 cm³/mol. The van der Waals surface area contributed by atoms with Crippen LogP contribution in [0.15, 0.2) is 36.5 Å². The number of nitrogens with zero attached hydrogens (tertiary/aromatic N) is 2. The number of hydrogen-bond donors (Lipinski definition) is 2. The van der Waals surface area contributed by atoms with Crippen molar-refractivity contribution in [2.24, 2.45) is 5.73 Å². The van der Waals surface area contributed by atoms with Gasteiger partial charge in [0.15, 0.2) is 0 Å². The molecule has 0 fully saturated rings. The second-order valence-electron chi connectivity index (χ2n) is 3.79. The summed E-state index contributed by atoms with van der Waals surface area (Å²) in [5, 5.41) is 10.9. The zero-order valence-electron chi connectivity index (χ0n) is 10.1. The highest BCUT2D eigenvalue weighted by atomic mass is 16.6. The average molecular weight is 274 g/mol. The monoisotopic (exact) mass is 274 g/mol. The summed E-state index contributed by atoms with van der Waals surface area (Å²) >= 11 is 0. The number of ether oxygens (including phenoxy) is 1. The summed E-state index contributed by atoms with van der Waals surface area (Å²) in [5.74, 6) is -0.711. The maximum atomic E-state index is 11.1. The van der Waals surface area contributed by atoms with Gasteiger partial charge in [0.25, 0.3) is 0 Å². The number of nitro groups is 1. The molecule has 0 aliphatic heterocycles. The third-order valence-electron chi connectivity index (χ3n) is 2.44. The first-order valence-corrected chi connectivity index (χ1v) is 5.45. The molecule has 1 aromatic heterocycles. The lowest BCUT2D eigenvalue weighted by Gasteiger charge is -2.07. The molecule has 8 heteroatoms. The van der Waals surface area contributed by atoms with Gasteiger partial charge in [-0.3, -0.25) is 14.9 Å². The lowest BCUT2D eigenvalue weighted by Crippen LogP contribution is -2.10. The summed E-state index contributed by atoms with van der Waals surface area (Å²) in [6.07, 6.45) is 1.29. The van der Waals surface area contributed by atoms with Crippen molar-refractivity contribution >= 4 is 17.4 Å². The number of nitrogens with two attached hydrogens (primary N) is 2. The van der Waals surface area contributed by atoms with E-state index in [1.165, 1.54) is 30.5 Å². The van der Waals surface area contributed by atoms with E-state index >= 15 is 0 Å². The van der Waals surface area contributed by atoms with E-state index in [0.717, 1.165) is 0 Å². The molecule has 2 rings (SSSR count). The molecule has 0 bridgehead atoms. The van der Waals surface area contributed by atoms with E-state index in [1.54, 1.807) is 6.07 Å². The minimum absolute atomic E-state index is 0.0656. The highest BCUT2D eigenvalue weighted by molar-refractivity contribution is 5.93. The molecule has 0 atom stereocenters. The number of rotatable bonds is 4. The van der Waals surface area contributed by atoms with Gasteiger partial charge in [-0.2, -0.15) is 0 Å². The number of amides is 1. The second kappa shape index (κ2) is 5.22. The summed E-state index contributed by atoms with van der Waals surface area (Å²) in [4.78, 5) is 24.9. The van der Waals surface area contributed by atoms with Gasteiger partial charge < -0.3 is 16.2 Å². The Labute approximate surface area is 113 Å². The van der Waals surface area contributed by atoms with Gasteiger partial charge in [-0.15, -0.1) is 0 Å². The van der Waals surface area contributed by atoms with Crippen LogP contribution in [0.2, 0.25) is 0 Å². The lowest BCUT2D eigenvalue weighted by molar-refractivity contribution is -0.384.